The van der Waals surface area contributed by atoms with E-state index >= 15 is 0 Å². The number of carbonyl (C=O) groups excluding carboxylic acids is 4. The Kier molecular flexibility index (Phi) is 14.9. The number of nitrogens with two attached hydrogens (primary N) is 1. The number of cyclic esters (lactones) is 1. The molecule has 3 saturated heterocycles. The van der Waals surface area contributed by atoms with E-state index in [0.717, 1.165) is 0 Å². The Bertz CT molecular complexity index is 1880. The van der Waals surface area contributed by atoms with Crippen molar-refractivity contribution >= 4 is 40.7 Å². The second-order valence-electron chi connectivity index (χ2n) is 17.2. The van der Waals surface area contributed by atoms with Crippen LogP contribution in [0, 0.1) is 35.5 Å². The Balaban J connectivity index is 1.51. The summed E-state index contributed by atoms with van der Waals surface area (Å²) in [7, 11) is 5.17. The monoisotopic (exact) mass is 858 g/mol. The Morgan fingerprint density at radius 1 is 1.07 bits per heavy atom. The topological polar surface area (TPSA) is 224 Å². The fraction of sp³-hybridized carbons (Fsp3) is 0.714. The molecule has 0 bridgehead atoms. The summed E-state index contributed by atoms with van der Waals surface area (Å²) in [6.45, 7) is 15.2. The molecule has 0 spiro atoms. The highest BCUT2D eigenvalue weighted by Gasteiger charge is 2.62. The molecular formula is C42H62N6O11S. The van der Waals surface area contributed by atoms with Crippen LogP contribution in [0.2, 0.25) is 0 Å². The van der Waals surface area contributed by atoms with Gasteiger partial charge in [-0.3, -0.25) is 24.2 Å². The van der Waals surface area contributed by atoms with E-state index in [4.69, 9.17) is 34.3 Å². The molecule has 2 aromatic heterocycles. The van der Waals surface area contributed by atoms with Crippen LogP contribution in [0.1, 0.15) is 92.7 Å². The summed E-state index contributed by atoms with van der Waals surface area (Å²) in [6, 6.07) is 5.14. The average molecular weight is 859 g/mol. The van der Waals surface area contributed by atoms with Gasteiger partial charge >= 0.3 is 11.9 Å². The SMILES string of the molecule is CC[C@H]1OC(=O)[C@H](C)C(=O)[C@H](C)[C@@H](O[C@@H]2O[C@H](C)C[C@H](N(C)C)[C@H]2O)[C@](C)(OC)C[C@@H](C)C(=O)[C@H](C)[C@H]2[C@H](/C(N)=N\O[C@@H](C)c3nnc(-c4ccccn4)s3)C(=O)O[C@]21C. The number of fused-ring (bicyclic) bond motifs is 1. The molecule has 15 atom stereocenters. The number of pyridine rings is 1. The van der Waals surface area contributed by atoms with Gasteiger partial charge in [0.1, 0.15) is 35.5 Å². The number of aliphatic hydroxyl groups excluding tert-OH is 1. The summed E-state index contributed by atoms with van der Waals surface area (Å²) in [5.74, 6) is -8.88. The average Bonchev–Trinajstić information content (AvgIpc) is 3.83. The quantitative estimate of drug-likeness (QED) is 0.113. The van der Waals surface area contributed by atoms with Crippen LogP contribution in [0.15, 0.2) is 29.6 Å². The molecule has 3 aliphatic rings. The number of ketones is 2. The number of ether oxygens (including phenoxy) is 5. The van der Waals surface area contributed by atoms with E-state index in [-0.39, 0.29) is 36.6 Å². The van der Waals surface area contributed by atoms with Crippen molar-refractivity contribution in [1.29, 1.82) is 0 Å². The zero-order valence-electron chi connectivity index (χ0n) is 36.7. The number of likely N-dealkylation sites (N-methyl/N-ethyl adjacent to an activating group) is 1. The molecule has 3 fully saturated rings. The van der Waals surface area contributed by atoms with Gasteiger partial charge < -0.3 is 44.3 Å². The number of rotatable bonds is 10. The highest BCUT2D eigenvalue weighted by atomic mass is 32.1. The van der Waals surface area contributed by atoms with Gasteiger partial charge in [0.15, 0.2) is 39.6 Å². The first-order valence-corrected chi connectivity index (χ1v) is 21.5. The third-order valence-corrected chi connectivity index (χ3v) is 13.8. The lowest BCUT2D eigenvalue weighted by molar-refractivity contribution is -0.295. The largest absolute Gasteiger partial charge is 0.458 e. The summed E-state index contributed by atoms with van der Waals surface area (Å²) in [4.78, 5) is 69.1. The number of nitrogens with zero attached hydrogens (tertiary/aromatic N) is 5. The fourth-order valence-electron chi connectivity index (χ4n) is 9.18. The smallest absolute Gasteiger partial charge is 0.317 e. The standard InChI is InChI=1S/C42H62N6O11S/c1-13-28-42(9)30(29(39(53)58-42)35(43)47-59-25(7)36-45-46-37(60-36)26-16-14-15-17-44-26)22(4)31(49)20(2)19-41(8,54-12)34(23(5)32(50)24(6)38(52)56-28)57-40-33(51)27(48(10)11)18-21(3)55-40/h14-17,20-25,27-30,33-34,40,51H,13,18-19H2,1-12H3,(H2,43,47)/t20-,21-,22-,23+,24-,25+,27+,28-,29-,30+,33-,34-,40+,41-,42+/m1/s1. The molecule has 332 valence electrons. The highest BCUT2D eigenvalue weighted by molar-refractivity contribution is 7.14. The summed E-state index contributed by atoms with van der Waals surface area (Å²) < 4.78 is 31.1. The molecule has 5 heterocycles. The van der Waals surface area contributed by atoms with Gasteiger partial charge in [0, 0.05) is 43.0 Å². The van der Waals surface area contributed by atoms with E-state index in [0.29, 0.717) is 22.1 Å². The molecule has 0 saturated carbocycles. The lowest BCUT2D eigenvalue weighted by Gasteiger charge is -2.47. The maximum Gasteiger partial charge on any atom is 0.317 e. The van der Waals surface area contributed by atoms with Gasteiger partial charge in [-0.2, -0.15) is 0 Å². The maximum atomic E-state index is 14.8. The molecule has 0 aromatic carbocycles. The Hall–Kier alpha value is -3.94. The van der Waals surface area contributed by atoms with Crippen LogP contribution in [0.4, 0.5) is 0 Å². The Morgan fingerprint density at radius 3 is 2.38 bits per heavy atom. The van der Waals surface area contributed by atoms with Gasteiger partial charge in [0.05, 0.1) is 17.8 Å². The van der Waals surface area contributed by atoms with Crippen LogP contribution in [0.25, 0.3) is 10.7 Å². The second-order valence-corrected chi connectivity index (χ2v) is 18.2. The maximum absolute atomic E-state index is 14.8. The van der Waals surface area contributed by atoms with Gasteiger partial charge in [0.2, 0.25) is 0 Å². The van der Waals surface area contributed by atoms with Crippen LogP contribution < -0.4 is 5.73 Å². The van der Waals surface area contributed by atoms with Crippen molar-refractivity contribution in [3.05, 3.63) is 29.4 Å². The predicted octanol–water partition coefficient (Wildman–Crippen LogP) is 4.12. The van der Waals surface area contributed by atoms with Crippen molar-refractivity contribution in [2.75, 3.05) is 21.2 Å². The van der Waals surface area contributed by atoms with Crippen molar-refractivity contribution in [3.63, 3.8) is 0 Å². The first-order valence-electron chi connectivity index (χ1n) is 20.6. The third kappa shape index (κ3) is 9.43. The number of aliphatic hydroxyl groups is 1. The van der Waals surface area contributed by atoms with E-state index < -0.39 is 95.1 Å². The van der Waals surface area contributed by atoms with Crippen LogP contribution in [0.5, 0.6) is 0 Å². The number of esters is 2. The molecule has 0 unspecified atom stereocenters. The van der Waals surface area contributed by atoms with Gasteiger partial charge in [-0.25, -0.2) is 0 Å². The van der Waals surface area contributed by atoms with Gasteiger partial charge in [-0.1, -0.05) is 50.3 Å². The zero-order chi connectivity index (χ0) is 44.4. The first-order chi connectivity index (χ1) is 28.2. The number of hydrogen-bond acceptors (Lipinski definition) is 17. The normalized spacial score (nSPS) is 37.9. The van der Waals surface area contributed by atoms with Crippen molar-refractivity contribution in [2.24, 2.45) is 46.4 Å². The van der Waals surface area contributed by atoms with E-state index in [2.05, 4.69) is 20.3 Å². The molecule has 3 N–H and O–H groups in total. The molecule has 0 aliphatic carbocycles. The minimum Gasteiger partial charge on any atom is -0.458 e. The number of hydrogen-bond donors (Lipinski definition) is 2. The molecule has 3 aliphatic heterocycles. The second kappa shape index (κ2) is 19.0. The van der Waals surface area contributed by atoms with Crippen LogP contribution in [-0.4, -0.2) is 124 Å². The summed E-state index contributed by atoms with van der Waals surface area (Å²) in [5.41, 5.74) is 4.33. The summed E-state index contributed by atoms with van der Waals surface area (Å²) in [6.07, 6.45) is -3.03. The van der Waals surface area contributed by atoms with Crippen LogP contribution in [-0.2, 0) is 47.7 Å². The molecule has 18 heteroatoms. The van der Waals surface area contributed by atoms with Crippen molar-refractivity contribution < 1.29 is 52.8 Å². The Morgan fingerprint density at radius 2 is 1.77 bits per heavy atom. The minimum absolute atomic E-state index is 0.0515. The van der Waals surface area contributed by atoms with E-state index in [1.807, 2.05) is 38.1 Å². The van der Waals surface area contributed by atoms with Crippen molar-refractivity contribution in [2.45, 2.75) is 136 Å². The number of carbonyl (C=O) groups is 4. The molecule has 0 radical (unpaired) electrons. The minimum atomic E-state index is -1.58. The molecule has 17 nitrogen and oxygen atoms in total. The van der Waals surface area contributed by atoms with Crippen LogP contribution in [0.3, 0.4) is 0 Å². The number of aromatic nitrogens is 3. The molecule has 2 aromatic rings. The van der Waals surface area contributed by atoms with Gasteiger partial charge in [0.25, 0.3) is 0 Å². The van der Waals surface area contributed by atoms with E-state index in [1.165, 1.54) is 25.4 Å². The highest BCUT2D eigenvalue weighted by Crippen LogP contribution is 2.48. The van der Waals surface area contributed by atoms with Crippen LogP contribution >= 0.6 is 11.3 Å². The first kappa shape index (κ1) is 47.1. The Labute approximate surface area is 356 Å². The van der Waals surface area contributed by atoms with Gasteiger partial charge in [-0.05, 0) is 80.1 Å². The number of methoxy groups -OCH3 is 1. The van der Waals surface area contributed by atoms with Crippen molar-refractivity contribution in [1.82, 2.24) is 20.1 Å². The predicted molar refractivity (Wildman–Crippen MR) is 220 cm³/mol. The number of oxime groups is 1. The van der Waals surface area contributed by atoms with E-state index in [1.54, 1.807) is 60.7 Å². The van der Waals surface area contributed by atoms with E-state index in [9.17, 15) is 24.3 Å². The fourth-order valence-corrected chi connectivity index (χ4v) is 9.97. The molecular weight excluding hydrogens is 797 g/mol. The van der Waals surface area contributed by atoms with Crippen molar-refractivity contribution in [3.8, 4) is 10.7 Å². The number of amidine groups is 1. The zero-order valence-corrected chi connectivity index (χ0v) is 37.5. The molecule has 0 amide bonds. The summed E-state index contributed by atoms with van der Waals surface area (Å²) >= 11 is 1.26. The molecule has 60 heavy (non-hydrogen) atoms. The summed E-state index contributed by atoms with van der Waals surface area (Å²) in [5, 5.41) is 25.1. The number of Topliss-reactive ketones (excluding diaryl/α,β-unsaturated/α-hetero) is 2. The third-order valence-electron chi connectivity index (χ3n) is 12.7. The lowest BCUT2D eigenvalue weighted by Crippen LogP contribution is -2.59. The molecule has 5 rings (SSSR count). The lowest BCUT2D eigenvalue weighted by atomic mass is 9.67. The van der Waals surface area contributed by atoms with Gasteiger partial charge in [-0.15, -0.1) is 10.2 Å².